The first kappa shape index (κ1) is 15.4. The number of nitrogens with one attached hydrogen (secondary N) is 1. The van der Waals surface area contributed by atoms with E-state index in [2.05, 4.69) is 10.5 Å². The molecule has 3 rings (SSSR count). The summed E-state index contributed by atoms with van der Waals surface area (Å²) < 4.78 is 0. The lowest BCUT2D eigenvalue weighted by Gasteiger charge is -2.04. The SMILES string of the molecule is O=C(O)c1ccc(/C=N/NC(=O)c2cccc3ccccc23)cc1. The molecule has 0 aliphatic rings. The summed E-state index contributed by atoms with van der Waals surface area (Å²) in [6.07, 6.45) is 1.47. The zero-order valence-electron chi connectivity index (χ0n) is 12.6. The van der Waals surface area contributed by atoms with Crippen LogP contribution in [0.4, 0.5) is 0 Å². The molecule has 3 aromatic rings. The molecule has 0 aliphatic carbocycles. The maximum Gasteiger partial charge on any atom is 0.335 e. The van der Waals surface area contributed by atoms with Crippen molar-refractivity contribution in [3.05, 3.63) is 83.4 Å². The topological polar surface area (TPSA) is 78.8 Å². The van der Waals surface area contributed by atoms with Gasteiger partial charge >= 0.3 is 5.97 Å². The van der Waals surface area contributed by atoms with Crippen LogP contribution in [0.15, 0.2) is 71.8 Å². The van der Waals surface area contributed by atoms with Crippen LogP contribution < -0.4 is 5.43 Å². The van der Waals surface area contributed by atoms with E-state index >= 15 is 0 Å². The van der Waals surface area contributed by atoms with Crippen molar-refractivity contribution in [2.24, 2.45) is 5.10 Å². The van der Waals surface area contributed by atoms with Gasteiger partial charge in [-0.1, -0.05) is 48.5 Å². The van der Waals surface area contributed by atoms with Gasteiger partial charge in [-0.25, -0.2) is 10.2 Å². The van der Waals surface area contributed by atoms with E-state index in [1.54, 1.807) is 18.2 Å². The summed E-state index contributed by atoms with van der Waals surface area (Å²) >= 11 is 0. The molecule has 24 heavy (non-hydrogen) atoms. The molecule has 0 unspecified atom stereocenters. The molecule has 0 aliphatic heterocycles. The van der Waals surface area contributed by atoms with E-state index in [-0.39, 0.29) is 11.5 Å². The van der Waals surface area contributed by atoms with Gasteiger partial charge in [-0.05, 0) is 34.5 Å². The average Bonchev–Trinajstić information content (AvgIpc) is 2.61. The normalized spacial score (nSPS) is 10.8. The van der Waals surface area contributed by atoms with E-state index in [1.165, 1.54) is 18.3 Å². The minimum atomic E-state index is -0.984. The van der Waals surface area contributed by atoms with Crippen molar-refractivity contribution in [1.29, 1.82) is 0 Å². The van der Waals surface area contributed by atoms with Crippen molar-refractivity contribution in [3.8, 4) is 0 Å². The minimum absolute atomic E-state index is 0.201. The first-order valence-electron chi connectivity index (χ1n) is 7.30. The number of hydrazone groups is 1. The zero-order valence-corrected chi connectivity index (χ0v) is 12.6. The van der Waals surface area contributed by atoms with Gasteiger partial charge in [0.25, 0.3) is 5.91 Å². The molecule has 0 fully saturated rings. The van der Waals surface area contributed by atoms with Crippen molar-refractivity contribution < 1.29 is 14.7 Å². The lowest BCUT2D eigenvalue weighted by atomic mass is 10.0. The molecule has 0 spiro atoms. The second kappa shape index (κ2) is 6.75. The highest BCUT2D eigenvalue weighted by Gasteiger charge is 2.08. The lowest BCUT2D eigenvalue weighted by Crippen LogP contribution is -2.17. The summed E-state index contributed by atoms with van der Waals surface area (Å²) in [6.45, 7) is 0. The van der Waals surface area contributed by atoms with E-state index < -0.39 is 5.97 Å². The van der Waals surface area contributed by atoms with E-state index in [1.807, 2.05) is 36.4 Å². The van der Waals surface area contributed by atoms with Gasteiger partial charge in [0.1, 0.15) is 0 Å². The largest absolute Gasteiger partial charge is 0.478 e. The number of nitrogens with zero attached hydrogens (tertiary/aromatic N) is 1. The van der Waals surface area contributed by atoms with Crippen LogP contribution in [0.2, 0.25) is 0 Å². The Balaban J connectivity index is 1.74. The van der Waals surface area contributed by atoms with Gasteiger partial charge in [0.05, 0.1) is 11.8 Å². The Bertz CT molecular complexity index is 926. The van der Waals surface area contributed by atoms with Gasteiger partial charge < -0.3 is 5.11 Å². The number of carbonyl (C=O) groups excluding carboxylic acids is 1. The first-order chi connectivity index (χ1) is 11.6. The fraction of sp³-hybridized carbons (Fsp3) is 0. The van der Waals surface area contributed by atoms with E-state index in [4.69, 9.17) is 5.11 Å². The monoisotopic (exact) mass is 318 g/mol. The number of hydrogen-bond acceptors (Lipinski definition) is 3. The second-order valence-electron chi connectivity index (χ2n) is 5.15. The summed E-state index contributed by atoms with van der Waals surface area (Å²) in [5, 5.41) is 14.6. The molecule has 5 heteroatoms. The van der Waals surface area contributed by atoms with E-state index in [0.29, 0.717) is 11.1 Å². The Hall–Kier alpha value is -3.47. The molecule has 3 aromatic carbocycles. The predicted molar refractivity (Wildman–Crippen MR) is 92.4 cm³/mol. The van der Waals surface area contributed by atoms with Gasteiger partial charge in [-0.15, -0.1) is 0 Å². The highest BCUT2D eigenvalue weighted by Crippen LogP contribution is 2.18. The highest BCUT2D eigenvalue weighted by atomic mass is 16.4. The highest BCUT2D eigenvalue weighted by molar-refractivity contribution is 6.07. The average molecular weight is 318 g/mol. The number of benzene rings is 3. The second-order valence-corrected chi connectivity index (χ2v) is 5.15. The van der Waals surface area contributed by atoms with Gasteiger partial charge in [-0.3, -0.25) is 4.79 Å². The first-order valence-corrected chi connectivity index (χ1v) is 7.30. The molecule has 0 heterocycles. The Morgan fingerprint density at radius 1 is 0.917 bits per heavy atom. The number of hydrogen-bond donors (Lipinski definition) is 2. The summed E-state index contributed by atoms with van der Waals surface area (Å²) in [4.78, 5) is 23.1. The fourth-order valence-electron chi connectivity index (χ4n) is 2.36. The van der Waals surface area contributed by atoms with Gasteiger partial charge in [0.2, 0.25) is 0 Å². The molecule has 2 N–H and O–H groups in total. The zero-order chi connectivity index (χ0) is 16.9. The van der Waals surface area contributed by atoms with Gasteiger partial charge in [0.15, 0.2) is 0 Å². The van der Waals surface area contributed by atoms with E-state index in [0.717, 1.165) is 10.8 Å². The Kier molecular flexibility index (Phi) is 4.34. The molecule has 5 nitrogen and oxygen atoms in total. The van der Waals surface area contributed by atoms with Crippen LogP contribution in [0.5, 0.6) is 0 Å². The van der Waals surface area contributed by atoms with Gasteiger partial charge in [0, 0.05) is 5.56 Å². The summed E-state index contributed by atoms with van der Waals surface area (Å²) in [5.41, 5.74) is 3.93. The standard InChI is InChI=1S/C19H14N2O3/c22-18(17-7-3-5-14-4-1-2-6-16(14)17)21-20-12-13-8-10-15(11-9-13)19(23)24/h1-12H,(H,21,22)(H,23,24)/b20-12+. The maximum atomic E-state index is 12.3. The smallest absolute Gasteiger partial charge is 0.335 e. The van der Waals surface area contributed by atoms with Crippen molar-refractivity contribution >= 4 is 28.9 Å². The number of carbonyl (C=O) groups is 2. The van der Waals surface area contributed by atoms with Crippen LogP contribution in [-0.2, 0) is 0 Å². The molecule has 0 radical (unpaired) electrons. The molecule has 118 valence electrons. The van der Waals surface area contributed by atoms with Crippen LogP contribution in [-0.4, -0.2) is 23.2 Å². The summed E-state index contributed by atoms with van der Waals surface area (Å²) in [7, 11) is 0. The molecule has 0 aromatic heterocycles. The van der Waals surface area contributed by atoms with Crippen molar-refractivity contribution in [1.82, 2.24) is 5.43 Å². The molecule has 0 atom stereocenters. The van der Waals surface area contributed by atoms with Crippen molar-refractivity contribution in [2.75, 3.05) is 0 Å². The molecule has 0 saturated heterocycles. The van der Waals surface area contributed by atoms with Crippen LogP contribution in [0, 0.1) is 0 Å². The number of carboxylic acid groups (broad SMARTS) is 1. The Labute approximate surface area is 138 Å². The van der Waals surface area contributed by atoms with Crippen LogP contribution in [0.3, 0.4) is 0 Å². The molecule has 1 amide bonds. The van der Waals surface area contributed by atoms with Crippen LogP contribution in [0.1, 0.15) is 26.3 Å². The molecule has 0 saturated carbocycles. The Morgan fingerprint density at radius 2 is 1.62 bits per heavy atom. The van der Waals surface area contributed by atoms with Crippen LogP contribution >= 0.6 is 0 Å². The van der Waals surface area contributed by atoms with Crippen LogP contribution in [0.25, 0.3) is 10.8 Å². The van der Waals surface area contributed by atoms with Crippen molar-refractivity contribution in [2.45, 2.75) is 0 Å². The third kappa shape index (κ3) is 3.30. The summed E-state index contributed by atoms with van der Waals surface area (Å²) in [5.74, 6) is -1.28. The Morgan fingerprint density at radius 3 is 2.38 bits per heavy atom. The number of amides is 1. The molecule has 0 bridgehead atoms. The van der Waals surface area contributed by atoms with Crippen molar-refractivity contribution in [3.63, 3.8) is 0 Å². The molecular weight excluding hydrogens is 304 g/mol. The van der Waals surface area contributed by atoms with E-state index in [9.17, 15) is 9.59 Å². The summed E-state index contributed by atoms with van der Waals surface area (Å²) in [6, 6.07) is 19.4. The fourth-order valence-corrected chi connectivity index (χ4v) is 2.36. The molecular formula is C19H14N2O3. The minimum Gasteiger partial charge on any atom is -0.478 e. The quantitative estimate of drug-likeness (QED) is 0.572. The predicted octanol–water partition coefficient (Wildman–Crippen LogP) is 3.30. The third-order valence-electron chi connectivity index (χ3n) is 3.57. The van der Waals surface area contributed by atoms with Gasteiger partial charge in [-0.2, -0.15) is 5.10 Å². The number of aromatic carboxylic acids is 1. The lowest BCUT2D eigenvalue weighted by molar-refractivity contribution is 0.0696. The number of carboxylic acids is 1. The number of rotatable bonds is 4. The maximum absolute atomic E-state index is 12.3. The third-order valence-corrected chi connectivity index (χ3v) is 3.57. The number of fused-ring (bicyclic) bond motifs is 1.